The molecule has 0 spiro atoms. The topological polar surface area (TPSA) is 49.6 Å². The SMILES string of the molecule is CN1CCN(C(=O)C(C)(C)N)Cc2ccccc21. The van der Waals surface area contributed by atoms with Gasteiger partial charge in [0, 0.05) is 32.4 Å². The second kappa shape index (κ2) is 4.61. The van der Waals surface area contributed by atoms with Crippen LogP contribution in [0.1, 0.15) is 19.4 Å². The van der Waals surface area contributed by atoms with Crippen LogP contribution < -0.4 is 10.6 Å². The van der Waals surface area contributed by atoms with Gasteiger partial charge in [-0.3, -0.25) is 4.79 Å². The van der Waals surface area contributed by atoms with Gasteiger partial charge in [0.05, 0.1) is 5.54 Å². The van der Waals surface area contributed by atoms with Crippen molar-refractivity contribution in [2.45, 2.75) is 25.9 Å². The molecule has 0 fully saturated rings. The van der Waals surface area contributed by atoms with Crippen LogP contribution in [0.5, 0.6) is 0 Å². The molecule has 1 aliphatic rings. The number of hydrogen-bond acceptors (Lipinski definition) is 3. The molecule has 0 radical (unpaired) electrons. The Morgan fingerprint density at radius 3 is 2.61 bits per heavy atom. The second-order valence-corrected chi connectivity index (χ2v) is 5.50. The maximum absolute atomic E-state index is 12.3. The van der Waals surface area contributed by atoms with E-state index in [9.17, 15) is 4.79 Å². The standard InChI is InChI=1S/C14H21N3O/c1-14(2,15)13(18)17-9-8-16(3)12-7-5-4-6-11(12)10-17/h4-7H,8-10,15H2,1-3H3. The zero-order valence-electron chi connectivity index (χ0n) is 11.3. The summed E-state index contributed by atoms with van der Waals surface area (Å²) < 4.78 is 0. The van der Waals surface area contributed by atoms with Crippen molar-refractivity contribution < 1.29 is 4.79 Å². The molecule has 1 aromatic rings. The summed E-state index contributed by atoms with van der Waals surface area (Å²) in [7, 11) is 2.06. The van der Waals surface area contributed by atoms with E-state index in [4.69, 9.17) is 5.73 Å². The van der Waals surface area contributed by atoms with Crippen LogP contribution in [-0.2, 0) is 11.3 Å². The Kier molecular flexibility index (Phi) is 3.30. The van der Waals surface area contributed by atoms with Gasteiger partial charge in [-0.15, -0.1) is 0 Å². The van der Waals surface area contributed by atoms with Gasteiger partial charge in [0.15, 0.2) is 0 Å². The van der Waals surface area contributed by atoms with Gasteiger partial charge >= 0.3 is 0 Å². The number of carbonyl (C=O) groups excluding carboxylic acids is 1. The highest BCUT2D eigenvalue weighted by molar-refractivity contribution is 5.85. The maximum atomic E-state index is 12.3. The third kappa shape index (κ3) is 2.48. The van der Waals surface area contributed by atoms with Crippen LogP contribution in [0.25, 0.3) is 0 Å². The molecule has 1 aromatic carbocycles. The van der Waals surface area contributed by atoms with Crippen molar-refractivity contribution in [2.24, 2.45) is 5.73 Å². The summed E-state index contributed by atoms with van der Waals surface area (Å²) >= 11 is 0. The molecule has 4 heteroatoms. The minimum Gasteiger partial charge on any atom is -0.373 e. The van der Waals surface area contributed by atoms with Gasteiger partial charge in [-0.25, -0.2) is 0 Å². The molecule has 0 unspecified atom stereocenters. The summed E-state index contributed by atoms with van der Waals surface area (Å²) in [4.78, 5) is 16.3. The summed E-state index contributed by atoms with van der Waals surface area (Å²) in [5, 5.41) is 0. The van der Waals surface area contributed by atoms with Crippen molar-refractivity contribution in [3.63, 3.8) is 0 Å². The van der Waals surface area contributed by atoms with E-state index in [0.29, 0.717) is 13.1 Å². The third-order valence-electron chi connectivity index (χ3n) is 3.31. The summed E-state index contributed by atoms with van der Waals surface area (Å²) in [6, 6.07) is 8.20. The molecular formula is C14H21N3O. The zero-order valence-corrected chi connectivity index (χ0v) is 11.3. The molecule has 4 nitrogen and oxygen atoms in total. The van der Waals surface area contributed by atoms with Crippen molar-refractivity contribution in [2.75, 3.05) is 25.0 Å². The molecule has 1 heterocycles. The summed E-state index contributed by atoms with van der Waals surface area (Å²) in [5.41, 5.74) is 7.48. The van der Waals surface area contributed by atoms with E-state index in [-0.39, 0.29) is 5.91 Å². The number of hydrogen-bond donors (Lipinski definition) is 1. The van der Waals surface area contributed by atoms with Crippen molar-refractivity contribution in [3.8, 4) is 0 Å². The Morgan fingerprint density at radius 1 is 1.28 bits per heavy atom. The largest absolute Gasteiger partial charge is 0.373 e. The van der Waals surface area contributed by atoms with Crippen molar-refractivity contribution >= 4 is 11.6 Å². The zero-order chi connectivity index (χ0) is 13.3. The van der Waals surface area contributed by atoms with Gasteiger partial charge in [0.25, 0.3) is 0 Å². The summed E-state index contributed by atoms with van der Waals surface area (Å²) in [6.45, 7) is 5.70. The predicted octanol–water partition coefficient (Wildman–Crippen LogP) is 1.20. The number of fused-ring (bicyclic) bond motifs is 1. The minimum atomic E-state index is -0.808. The molecule has 0 saturated heterocycles. The van der Waals surface area contributed by atoms with Gasteiger partial charge in [-0.2, -0.15) is 0 Å². The van der Waals surface area contributed by atoms with Gasteiger partial charge in [0.1, 0.15) is 0 Å². The van der Waals surface area contributed by atoms with E-state index in [1.807, 2.05) is 17.0 Å². The third-order valence-corrected chi connectivity index (χ3v) is 3.31. The van der Waals surface area contributed by atoms with Crippen LogP contribution >= 0.6 is 0 Å². The molecular weight excluding hydrogens is 226 g/mol. The van der Waals surface area contributed by atoms with Crippen molar-refractivity contribution in [3.05, 3.63) is 29.8 Å². The molecule has 0 atom stereocenters. The van der Waals surface area contributed by atoms with E-state index in [0.717, 1.165) is 6.54 Å². The average Bonchev–Trinajstić information content (AvgIpc) is 2.47. The second-order valence-electron chi connectivity index (χ2n) is 5.50. The van der Waals surface area contributed by atoms with Crippen LogP contribution in [0.3, 0.4) is 0 Å². The molecule has 1 amide bonds. The molecule has 0 aliphatic carbocycles. The summed E-state index contributed by atoms with van der Waals surface area (Å²) in [6.07, 6.45) is 0. The minimum absolute atomic E-state index is 0.00704. The fourth-order valence-corrected chi connectivity index (χ4v) is 2.27. The Balaban J connectivity index is 2.28. The van der Waals surface area contributed by atoms with Crippen LogP contribution in [0.2, 0.25) is 0 Å². The Bertz CT molecular complexity index is 451. The maximum Gasteiger partial charge on any atom is 0.242 e. The lowest BCUT2D eigenvalue weighted by atomic mass is 10.0. The van der Waals surface area contributed by atoms with Crippen molar-refractivity contribution in [1.29, 1.82) is 0 Å². The van der Waals surface area contributed by atoms with Crippen LogP contribution in [-0.4, -0.2) is 36.5 Å². The number of likely N-dealkylation sites (N-methyl/N-ethyl adjacent to an activating group) is 1. The number of rotatable bonds is 1. The molecule has 0 bridgehead atoms. The van der Waals surface area contributed by atoms with Crippen molar-refractivity contribution in [1.82, 2.24) is 4.90 Å². The first-order valence-electron chi connectivity index (χ1n) is 6.27. The van der Waals surface area contributed by atoms with Crippen LogP contribution in [0, 0.1) is 0 Å². The van der Waals surface area contributed by atoms with Gasteiger partial charge in [-0.1, -0.05) is 18.2 Å². The molecule has 0 saturated carbocycles. The molecule has 1 aliphatic heterocycles. The fraction of sp³-hybridized carbons (Fsp3) is 0.500. The first-order valence-corrected chi connectivity index (χ1v) is 6.27. The van der Waals surface area contributed by atoms with E-state index in [1.165, 1.54) is 11.3 Å². The van der Waals surface area contributed by atoms with E-state index < -0.39 is 5.54 Å². The van der Waals surface area contributed by atoms with E-state index in [1.54, 1.807) is 13.8 Å². The smallest absolute Gasteiger partial charge is 0.242 e. The molecule has 2 rings (SSSR count). The number of anilines is 1. The van der Waals surface area contributed by atoms with E-state index in [2.05, 4.69) is 24.1 Å². The summed E-state index contributed by atoms with van der Waals surface area (Å²) in [5.74, 6) is 0.00704. The number of benzene rings is 1. The molecule has 98 valence electrons. The highest BCUT2D eigenvalue weighted by Gasteiger charge is 2.29. The highest BCUT2D eigenvalue weighted by atomic mass is 16.2. The number of carbonyl (C=O) groups is 1. The number of para-hydroxylation sites is 1. The molecule has 18 heavy (non-hydrogen) atoms. The monoisotopic (exact) mass is 247 g/mol. The number of nitrogens with zero attached hydrogens (tertiary/aromatic N) is 2. The normalized spacial score (nSPS) is 16.2. The molecule has 2 N–H and O–H groups in total. The quantitative estimate of drug-likeness (QED) is 0.811. The lowest BCUT2D eigenvalue weighted by Gasteiger charge is -2.28. The van der Waals surface area contributed by atoms with Gasteiger partial charge in [0.2, 0.25) is 5.91 Å². The lowest BCUT2D eigenvalue weighted by Crippen LogP contribution is -2.51. The Morgan fingerprint density at radius 2 is 1.94 bits per heavy atom. The first-order chi connectivity index (χ1) is 8.39. The van der Waals surface area contributed by atoms with Gasteiger partial charge < -0.3 is 15.5 Å². The Labute approximate surface area is 108 Å². The van der Waals surface area contributed by atoms with Crippen LogP contribution in [0.15, 0.2) is 24.3 Å². The highest BCUT2D eigenvalue weighted by Crippen LogP contribution is 2.24. The number of amides is 1. The Hall–Kier alpha value is -1.55. The fourth-order valence-electron chi connectivity index (χ4n) is 2.27. The molecule has 0 aromatic heterocycles. The van der Waals surface area contributed by atoms with Gasteiger partial charge in [-0.05, 0) is 25.5 Å². The first kappa shape index (κ1) is 12.9. The van der Waals surface area contributed by atoms with Crippen LogP contribution in [0.4, 0.5) is 5.69 Å². The lowest BCUT2D eigenvalue weighted by molar-refractivity contribution is -0.136. The van der Waals surface area contributed by atoms with E-state index >= 15 is 0 Å². The average molecular weight is 247 g/mol. The number of nitrogens with two attached hydrogens (primary N) is 1. The predicted molar refractivity (Wildman–Crippen MR) is 73.4 cm³/mol.